The quantitative estimate of drug-likeness (QED) is 0.604. The lowest BCUT2D eigenvalue weighted by atomic mass is 10.00. The van der Waals surface area contributed by atoms with Gasteiger partial charge in [0.15, 0.2) is 0 Å². The van der Waals surface area contributed by atoms with Crippen molar-refractivity contribution in [2.24, 2.45) is 0 Å². The lowest BCUT2D eigenvalue weighted by molar-refractivity contribution is 0.224. The summed E-state index contributed by atoms with van der Waals surface area (Å²) < 4.78 is 0. The molecule has 0 heterocycles. The molecule has 0 amide bonds. The Balaban J connectivity index is 2.14. The van der Waals surface area contributed by atoms with Crippen molar-refractivity contribution < 1.29 is 0 Å². The Bertz CT molecular complexity index is 542. The van der Waals surface area contributed by atoms with E-state index in [0.29, 0.717) is 0 Å². The molecule has 2 heteroatoms. The van der Waals surface area contributed by atoms with Gasteiger partial charge in [0.1, 0.15) is 0 Å². The van der Waals surface area contributed by atoms with E-state index in [1.54, 1.807) is 0 Å². The van der Waals surface area contributed by atoms with Crippen LogP contribution in [0.3, 0.4) is 0 Å². The van der Waals surface area contributed by atoms with Crippen LogP contribution in [-0.4, -0.2) is 24.1 Å². The summed E-state index contributed by atoms with van der Waals surface area (Å²) in [6.07, 6.45) is 14.4. The summed E-state index contributed by atoms with van der Waals surface area (Å²) >= 11 is 0. The first-order valence-electron chi connectivity index (χ1n) is 7.18. The Labute approximate surface area is 127 Å². The van der Waals surface area contributed by atoms with Crippen LogP contribution in [0.1, 0.15) is 5.56 Å². The van der Waals surface area contributed by atoms with Crippen LogP contribution in [0.15, 0.2) is 85.5 Å². The zero-order chi connectivity index (χ0) is 14.9. The van der Waals surface area contributed by atoms with Crippen molar-refractivity contribution in [1.82, 2.24) is 10.4 Å². The first kappa shape index (κ1) is 15.2. The summed E-state index contributed by atoms with van der Waals surface area (Å²) in [4.78, 5) is 0. The van der Waals surface area contributed by atoms with E-state index >= 15 is 0 Å². The third kappa shape index (κ3) is 4.71. The topological polar surface area (TPSA) is 15.3 Å². The Morgan fingerprint density at radius 2 is 1.76 bits per heavy atom. The average molecular weight is 278 g/mol. The van der Waals surface area contributed by atoms with Gasteiger partial charge in [-0.3, -0.25) is 0 Å². The molecule has 1 unspecified atom stereocenters. The standard InChI is InChI=1S/C19H22N2/c1-3-14-21(15-4-2)20-19-13-9-8-12-18(19)16-17-10-6-5-7-11-17/h3-13,16,19-20H,1-2,14-15H2. The van der Waals surface area contributed by atoms with Gasteiger partial charge < -0.3 is 0 Å². The fourth-order valence-electron chi connectivity index (χ4n) is 2.24. The molecule has 108 valence electrons. The van der Waals surface area contributed by atoms with Gasteiger partial charge in [0.25, 0.3) is 0 Å². The van der Waals surface area contributed by atoms with Gasteiger partial charge in [0, 0.05) is 13.1 Å². The van der Waals surface area contributed by atoms with Gasteiger partial charge in [0.2, 0.25) is 0 Å². The molecule has 2 nitrogen and oxygen atoms in total. The smallest absolute Gasteiger partial charge is 0.0649 e. The minimum atomic E-state index is 0.162. The van der Waals surface area contributed by atoms with Crippen LogP contribution < -0.4 is 5.43 Å². The molecule has 0 spiro atoms. The molecule has 1 atom stereocenters. The van der Waals surface area contributed by atoms with E-state index in [9.17, 15) is 0 Å². The molecular weight excluding hydrogens is 256 g/mol. The first-order chi connectivity index (χ1) is 10.3. The molecule has 21 heavy (non-hydrogen) atoms. The van der Waals surface area contributed by atoms with Crippen molar-refractivity contribution >= 4 is 6.08 Å². The van der Waals surface area contributed by atoms with Gasteiger partial charge in [-0.05, 0) is 17.2 Å². The van der Waals surface area contributed by atoms with Crippen molar-refractivity contribution in [2.45, 2.75) is 6.04 Å². The maximum absolute atomic E-state index is 3.80. The number of rotatable bonds is 7. The van der Waals surface area contributed by atoms with Crippen molar-refractivity contribution in [2.75, 3.05) is 13.1 Å². The predicted octanol–water partition coefficient (Wildman–Crippen LogP) is 3.74. The highest BCUT2D eigenvalue weighted by atomic mass is 15.5. The van der Waals surface area contributed by atoms with Crippen LogP contribution in [0.5, 0.6) is 0 Å². The maximum Gasteiger partial charge on any atom is 0.0649 e. The van der Waals surface area contributed by atoms with Crippen molar-refractivity contribution in [3.8, 4) is 0 Å². The lowest BCUT2D eigenvalue weighted by Crippen LogP contribution is -2.45. The second-order valence-corrected chi connectivity index (χ2v) is 4.89. The van der Waals surface area contributed by atoms with Crippen LogP contribution in [0.25, 0.3) is 6.08 Å². The SMILES string of the molecule is C=CCN(CC=C)NC1C=CC=CC1=Cc1ccccc1. The number of allylic oxidation sites excluding steroid dienone is 2. The zero-order valence-electron chi connectivity index (χ0n) is 12.3. The van der Waals surface area contributed by atoms with E-state index in [-0.39, 0.29) is 6.04 Å². The van der Waals surface area contributed by atoms with E-state index in [4.69, 9.17) is 0 Å². The molecule has 0 aliphatic heterocycles. The lowest BCUT2D eigenvalue weighted by Gasteiger charge is -2.27. The summed E-state index contributed by atoms with van der Waals surface area (Å²) in [5.74, 6) is 0. The predicted molar refractivity (Wildman–Crippen MR) is 91.6 cm³/mol. The van der Waals surface area contributed by atoms with E-state index in [2.05, 4.69) is 78.2 Å². The summed E-state index contributed by atoms with van der Waals surface area (Å²) in [5.41, 5.74) is 5.96. The maximum atomic E-state index is 3.80. The third-order valence-electron chi connectivity index (χ3n) is 3.22. The monoisotopic (exact) mass is 278 g/mol. The molecule has 1 aromatic rings. The van der Waals surface area contributed by atoms with Crippen molar-refractivity contribution in [1.29, 1.82) is 0 Å². The minimum Gasteiger partial charge on any atom is -0.243 e. The Kier molecular flexibility index (Phi) is 5.95. The Morgan fingerprint density at radius 1 is 1.05 bits per heavy atom. The van der Waals surface area contributed by atoms with Crippen LogP contribution in [0, 0.1) is 0 Å². The average Bonchev–Trinajstić information content (AvgIpc) is 2.51. The van der Waals surface area contributed by atoms with Gasteiger partial charge in [-0.25, -0.2) is 10.4 Å². The number of nitrogens with one attached hydrogen (secondary N) is 1. The molecular formula is C19H22N2. The summed E-state index contributed by atoms with van der Waals surface area (Å²) in [6.45, 7) is 9.15. The molecule has 0 saturated heterocycles. The highest BCUT2D eigenvalue weighted by molar-refractivity contribution is 5.59. The second-order valence-electron chi connectivity index (χ2n) is 4.89. The fraction of sp³-hybridized carbons (Fsp3) is 0.158. The highest BCUT2D eigenvalue weighted by Crippen LogP contribution is 2.16. The summed E-state index contributed by atoms with van der Waals surface area (Å²) in [6, 6.07) is 10.5. The number of hydrogen-bond acceptors (Lipinski definition) is 2. The summed E-state index contributed by atoms with van der Waals surface area (Å²) in [5, 5.41) is 2.10. The largest absolute Gasteiger partial charge is 0.243 e. The first-order valence-corrected chi connectivity index (χ1v) is 7.18. The number of hydrazine groups is 1. The number of benzene rings is 1. The van der Waals surface area contributed by atoms with E-state index < -0.39 is 0 Å². The molecule has 0 bridgehead atoms. The number of hydrogen-bond donors (Lipinski definition) is 1. The molecule has 0 aromatic heterocycles. The molecule has 0 saturated carbocycles. The van der Waals surface area contributed by atoms with Crippen LogP contribution in [0.2, 0.25) is 0 Å². The van der Waals surface area contributed by atoms with Crippen LogP contribution in [-0.2, 0) is 0 Å². The minimum absolute atomic E-state index is 0.162. The van der Waals surface area contributed by atoms with Crippen molar-refractivity contribution in [3.63, 3.8) is 0 Å². The highest BCUT2D eigenvalue weighted by Gasteiger charge is 2.13. The van der Waals surface area contributed by atoms with Gasteiger partial charge in [-0.1, -0.05) is 66.8 Å². The van der Waals surface area contributed by atoms with Crippen LogP contribution >= 0.6 is 0 Å². The van der Waals surface area contributed by atoms with E-state index in [1.165, 1.54) is 11.1 Å². The zero-order valence-corrected chi connectivity index (χ0v) is 12.3. The molecule has 1 N–H and O–H groups in total. The summed E-state index contributed by atoms with van der Waals surface area (Å²) in [7, 11) is 0. The van der Waals surface area contributed by atoms with Gasteiger partial charge in [0.05, 0.1) is 6.04 Å². The Morgan fingerprint density at radius 3 is 2.43 bits per heavy atom. The van der Waals surface area contributed by atoms with E-state index in [1.807, 2.05) is 18.2 Å². The molecule has 0 radical (unpaired) electrons. The Hall–Kier alpha value is -2.16. The van der Waals surface area contributed by atoms with Crippen molar-refractivity contribution in [3.05, 3.63) is 91.1 Å². The normalized spacial score (nSPS) is 19.1. The van der Waals surface area contributed by atoms with Gasteiger partial charge in [-0.2, -0.15) is 0 Å². The fourth-order valence-corrected chi connectivity index (χ4v) is 2.24. The third-order valence-corrected chi connectivity index (χ3v) is 3.22. The van der Waals surface area contributed by atoms with Gasteiger partial charge >= 0.3 is 0 Å². The van der Waals surface area contributed by atoms with Crippen LogP contribution in [0.4, 0.5) is 0 Å². The molecule has 1 aromatic carbocycles. The van der Waals surface area contributed by atoms with Gasteiger partial charge in [-0.15, -0.1) is 13.2 Å². The van der Waals surface area contributed by atoms with E-state index in [0.717, 1.165) is 13.1 Å². The molecule has 0 fully saturated rings. The second kappa shape index (κ2) is 8.20. The molecule has 1 aliphatic rings. The number of nitrogens with zero attached hydrogens (tertiary/aromatic N) is 1. The molecule has 1 aliphatic carbocycles. The molecule has 2 rings (SSSR count).